The first-order valence-corrected chi connectivity index (χ1v) is 8.30. The topological polar surface area (TPSA) is 61.4 Å². The normalized spacial score (nSPS) is 14.3. The minimum absolute atomic E-state index is 0.00880. The zero-order valence-electron chi connectivity index (χ0n) is 13.8. The fourth-order valence-electron chi connectivity index (χ4n) is 2.83. The van der Waals surface area contributed by atoms with Gasteiger partial charge >= 0.3 is 0 Å². The number of hydrogen-bond donors (Lipinski definition) is 2. The number of benzene rings is 2. The van der Waals surface area contributed by atoms with Crippen LogP contribution in [0.3, 0.4) is 0 Å². The van der Waals surface area contributed by atoms with Gasteiger partial charge in [-0.05, 0) is 62.3 Å². The van der Waals surface area contributed by atoms with Crippen molar-refractivity contribution in [3.63, 3.8) is 0 Å². The minimum atomic E-state index is -0.564. The molecule has 6 heteroatoms. The van der Waals surface area contributed by atoms with E-state index < -0.39 is 11.7 Å². The number of likely N-dealkylation sites (tertiary alicyclic amines) is 1. The van der Waals surface area contributed by atoms with E-state index in [4.69, 9.17) is 0 Å². The van der Waals surface area contributed by atoms with Crippen molar-refractivity contribution in [1.29, 1.82) is 0 Å². The average molecular weight is 341 g/mol. The molecule has 5 nitrogen and oxygen atoms in total. The van der Waals surface area contributed by atoms with Crippen LogP contribution in [0.25, 0.3) is 0 Å². The second-order valence-corrected chi connectivity index (χ2v) is 6.04. The van der Waals surface area contributed by atoms with E-state index in [-0.39, 0.29) is 11.5 Å². The van der Waals surface area contributed by atoms with Crippen LogP contribution in [0.5, 0.6) is 0 Å². The number of carbonyl (C=O) groups is 2. The number of anilines is 2. The van der Waals surface area contributed by atoms with E-state index >= 15 is 0 Å². The summed E-state index contributed by atoms with van der Waals surface area (Å²) in [5.74, 6) is -1.13. The van der Waals surface area contributed by atoms with E-state index in [9.17, 15) is 14.0 Å². The van der Waals surface area contributed by atoms with Gasteiger partial charge in [-0.3, -0.25) is 14.5 Å². The smallest absolute Gasteiger partial charge is 0.258 e. The lowest BCUT2D eigenvalue weighted by atomic mass is 10.2. The summed E-state index contributed by atoms with van der Waals surface area (Å²) in [7, 11) is 0. The highest BCUT2D eigenvalue weighted by Gasteiger charge is 2.15. The number of hydrogen-bond acceptors (Lipinski definition) is 3. The van der Waals surface area contributed by atoms with Gasteiger partial charge in [-0.15, -0.1) is 0 Å². The Hall–Kier alpha value is -2.73. The van der Waals surface area contributed by atoms with Crippen LogP contribution in [0.2, 0.25) is 0 Å². The largest absolute Gasteiger partial charge is 0.325 e. The Morgan fingerprint density at radius 2 is 1.52 bits per heavy atom. The third-order valence-corrected chi connectivity index (χ3v) is 4.11. The fourth-order valence-corrected chi connectivity index (χ4v) is 2.83. The summed E-state index contributed by atoms with van der Waals surface area (Å²) in [6, 6.07) is 12.6. The van der Waals surface area contributed by atoms with Gasteiger partial charge in [-0.2, -0.15) is 0 Å². The van der Waals surface area contributed by atoms with Crippen molar-refractivity contribution >= 4 is 23.2 Å². The van der Waals surface area contributed by atoms with Crippen LogP contribution in [0.15, 0.2) is 48.5 Å². The first-order valence-electron chi connectivity index (χ1n) is 8.30. The van der Waals surface area contributed by atoms with Crippen LogP contribution in [0.1, 0.15) is 23.2 Å². The summed E-state index contributed by atoms with van der Waals surface area (Å²) in [5.41, 5.74) is 1.18. The van der Waals surface area contributed by atoms with Crippen LogP contribution in [-0.2, 0) is 4.79 Å². The van der Waals surface area contributed by atoms with Crippen LogP contribution < -0.4 is 10.6 Å². The number of nitrogens with zero attached hydrogens (tertiary/aromatic N) is 1. The van der Waals surface area contributed by atoms with Crippen molar-refractivity contribution in [2.45, 2.75) is 12.8 Å². The number of rotatable bonds is 5. The summed E-state index contributed by atoms with van der Waals surface area (Å²) in [5, 5.41) is 5.48. The molecule has 0 spiro atoms. The SMILES string of the molecule is O=C(CN1CCCC1)Nc1ccc(NC(=O)c2ccccc2F)cc1. The van der Waals surface area contributed by atoms with E-state index in [1.54, 1.807) is 30.3 Å². The van der Waals surface area contributed by atoms with Gasteiger partial charge in [-0.25, -0.2) is 4.39 Å². The molecule has 0 radical (unpaired) electrons. The van der Waals surface area contributed by atoms with Crippen LogP contribution >= 0.6 is 0 Å². The first-order chi connectivity index (χ1) is 12.1. The van der Waals surface area contributed by atoms with E-state index in [0.29, 0.717) is 17.9 Å². The van der Waals surface area contributed by atoms with Crippen LogP contribution in [0.4, 0.5) is 15.8 Å². The van der Waals surface area contributed by atoms with Gasteiger partial charge in [0, 0.05) is 11.4 Å². The molecule has 2 N–H and O–H groups in total. The number of nitrogens with one attached hydrogen (secondary N) is 2. The Balaban J connectivity index is 1.55. The van der Waals surface area contributed by atoms with Crippen molar-refractivity contribution in [2.24, 2.45) is 0 Å². The molecule has 25 heavy (non-hydrogen) atoms. The highest BCUT2D eigenvalue weighted by atomic mass is 19.1. The fraction of sp³-hybridized carbons (Fsp3) is 0.263. The number of amides is 2. The van der Waals surface area contributed by atoms with Crippen molar-refractivity contribution in [2.75, 3.05) is 30.3 Å². The van der Waals surface area contributed by atoms with Gasteiger partial charge < -0.3 is 10.6 Å². The summed E-state index contributed by atoms with van der Waals surface area (Å²) in [4.78, 5) is 26.2. The number of carbonyl (C=O) groups excluding carboxylic acids is 2. The lowest BCUT2D eigenvalue weighted by molar-refractivity contribution is -0.117. The Labute approximate surface area is 145 Å². The van der Waals surface area contributed by atoms with Gasteiger partial charge in [-0.1, -0.05) is 12.1 Å². The molecule has 0 unspecified atom stereocenters. The molecule has 1 aliphatic heterocycles. The van der Waals surface area contributed by atoms with Crippen molar-refractivity contribution in [3.05, 3.63) is 59.9 Å². The Morgan fingerprint density at radius 1 is 0.920 bits per heavy atom. The highest BCUT2D eigenvalue weighted by Crippen LogP contribution is 2.16. The van der Waals surface area contributed by atoms with E-state index in [2.05, 4.69) is 15.5 Å². The molecule has 130 valence electrons. The molecule has 2 amide bonds. The van der Waals surface area contributed by atoms with Crippen molar-refractivity contribution < 1.29 is 14.0 Å². The second-order valence-electron chi connectivity index (χ2n) is 6.04. The first kappa shape index (κ1) is 17.1. The van der Waals surface area contributed by atoms with Gasteiger partial charge in [0.15, 0.2) is 0 Å². The predicted molar refractivity (Wildman–Crippen MR) is 95.1 cm³/mol. The molecule has 0 saturated carbocycles. The molecule has 0 aromatic heterocycles. The molecule has 1 heterocycles. The Morgan fingerprint density at radius 3 is 2.16 bits per heavy atom. The molecule has 2 aromatic carbocycles. The summed E-state index contributed by atoms with van der Waals surface area (Å²) in [6.45, 7) is 2.33. The summed E-state index contributed by atoms with van der Waals surface area (Å²) in [6.07, 6.45) is 2.29. The third-order valence-electron chi connectivity index (χ3n) is 4.11. The molecular weight excluding hydrogens is 321 g/mol. The molecule has 0 bridgehead atoms. The maximum absolute atomic E-state index is 13.6. The molecule has 0 aliphatic carbocycles. The lowest BCUT2D eigenvalue weighted by Gasteiger charge is -2.14. The van der Waals surface area contributed by atoms with E-state index in [1.807, 2.05) is 0 Å². The van der Waals surface area contributed by atoms with Crippen LogP contribution in [0, 0.1) is 5.82 Å². The maximum Gasteiger partial charge on any atom is 0.258 e. The average Bonchev–Trinajstić information content (AvgIpc) is 3.10. The molecule has 1 fully saturated rings. The van der Waals surface area contributed by atoms with Gasteiger partial charge in [0.1, 0.15) is 5.82 Å². The van der Waals surface area contributed by atoms with Crippen molar-refractivity contribution in [1.82, 2.24) is 4.90 Å². The Kier molecular flexibility index (Phi) is 5.40. The van der Waals surface area contributed by atoms with Gasteiger partial charge in [0.25, 0.3) is 5.91 Å². The van der Waals surface area contributed by atoms with E-state index in [1.165, 1.54) is 18.2 Å². The molecule has 1 aliphatic rings. The zero-order valence-corrected chi connectivity index (χ0v) is 13.8. The molecule has 2 aromatic rings. The standard InChI is InChI=1S/C19H20FN3O2/c20-17-6-2-1-5-16(17)19(25)22-15-9-7-14(8-10-15)21-18(24)13-23-11-3-4-12-23/h1-2,5-10H,3-4,11-13H2,(H,21,24)(H,22,25). The molecule has 1 saturated heterocycles. The second kappa shape index (κ2) is 7.90. The predicted octanol–water partition coefficient (Wildman–Crippen LogP) is 3.11. The molecule has 3 rings (SSSR count). The monoisotopic (exact) mass is 341 g/mol. The van der Waals surface area contributed by atoms with Gasteiger partial charge in [0.2, 0.25) is 5.91 Å². The van der Waals surface area contributed by atoms with E-state index in [0.717, 1.165) is 25.9 Å². The highest BCUT2D eigenvalue weighted by molar-refractivity contribution is 6.04. The van der Waals surface area contributed by atoms with Gasteiger partial charge in [0.05, 0.1) is 12.1 Å². The molecular formula is C19H20FN3O2. The van der Waals surface area contributed by atoms with Crippen molar-refractivity contribution in [3.8, 4) is 0 Å². The summed E-state index contributed by atoms with van der Waals surface area (Å²) < 4.78 is 13.6. The third kappa shape index (κ3) is 4.64. The maximum atomic E-state index is 13.6. The summed E-state index contributed by atoms with van der Waals surface area (Å²) >= 11 is 0. The quantitative estimate of drug-likeness (QED) is 0.878. The number of halogens is 1. The van der Waals surface area contributed by atoms with Crippen LogP contribution in [-0.4, -0.2) is 36.3 Å². The zero-order chi connectivity index (χ0) is 17.6. The molecule has 0 atom stereocenters. The Bertz CT molecular complexity index is 756. The lowest BCUT2D eigenvalue weighted by Crippen LogP contribution is -2.30. The minimum Gasteiger partial charge on any atom is -0.325 e.